The van der Waals surface area contributed by atoms with Crippen molar-refractivity contribution in [3.05, 3.63) is 78.6 Å². The molecular formula is C22H20N6O4S. The number of hydrogen-bond acceptors (Lipinski definition) is 8. The zero-order chi connectivity index (χ0) is 23.4. The number of pyridine rings is 1. The third-order valence-corrected chi connectivity index (χ3v) is 4.90. The molecule has 0 saturated heterocycles. The summed E-state index contributed by atoms with van der Waals surface area (Å²) in [6, 6.07) is 19.0. The maximum Gasteiger partial charge on any atom is 0.357 e. The van der Waals surface area contributed by atoms with Crippen molar-refractivity contribution in [1.82, 2.24) is 15.0 Å². The first kappa shape index (κ1) is 22.0. The van der Waals surface area contributed by atoms with Gasteiger partial charge in [-0.2, -0.15) is 13.4 Å². The second-order valence-corrected chi connectivity index (χ2v) is 8.19. The zero-order valence-electron chi connectivity index (χ0n) is 17.4. The summed E-state index contributed by atoms with van der Waals surface area (Å²) < 4.78 is 38.6. The number of hydrogen-bond donors (Lipinski definition) is 4. The van der Waals surface area contributed by atoms with E-state index in [-0.39, 0.29) is 11.6 Å². The van der Waals surface area contributed by atoms with E-state index in [1.807, 2.05) is 42.0 Å². The number of aromatic nitrogens is 3. The van der Waals surface area contributed by atoms with Gasteiger partial charge in [0.2, 0.25) is 5.95 Å². The lowest BCUT2D eigenvalue weighted by Gasteiger charge is -2.10. The van der Waals surface area contributed by atoms with E-state index in [9.17, 15) is 8.42 Å². The SMILES string of the molecule is Cc1cc(Oc2ccc(Nc3cc(-c4ccc(NS(=O)(=O)O)cc4)nc(N)n3)cc2)ccn1. The van der Waals surface area contributed by atoms with Crippen LogP contribution in [0.1, 0.15) is 5.69 Å². The van der Waals surface area contributed by atoms with Gasteiger partial charge in [0.15, 0.2) is 0 Å². The van der Waals surface area contributed by atoms with Gasteiger partial charge >= 0.3 is 10.3 Å². The molecule has 0 aliphatic rings. The van der Waals surface area contributed by atoms with E-state index < -0.39 is 10.3 Å². The fourth-order valence-corrected chi connectivity index (χ4v) is 3.44. The van der Waals surface area contributed by atoms with Crippen molar-refractivity contribution < 1.29 is 17.7 Å². The molecule has 0 bridgehead atoms. The van der Waals surface area contributed by atoms with Gasteiger partial charge in [-0.3, -0.25) is 14.3 Å². The molecule has 10 nitrogen and oxygen atoms in total. The normalized spacial score (nSPS) is 11.1. The van der Waals surface area contributed by atoms with Crippen molar-refractivity contribution in [3.8, 4) is 22.8 Å². The van der Waals surface area contributed by atoms with E-state index in [1.165, 1.54) is 12.1 Å². The molecule has 0 fully saturated rings. The van der Waals surface area contributed by atoms with Crippen LogP contribution < -0.4 is 20.5 Å². The van der Waals surface area contributed by atoms with Gasteiger partial charge in [-0.05, 0) is 49.4 Å². The largest absolute Gasteiger partial charge is 0.457 e. The molecular weight excluding hydrogens is 444 g/mol. The summed E-state index contributed by atoms with van der Waals surface area (Å²) in [5.74, 6) is 1.93. The molecule has 0 aliphatic carbocycles. The molecule has 168 valence electrons. The Morgan fingerprint density at radius 3 is 2.27 bits per heavy atom. The zero-order valence-corrected chi connectivity index (χ0v) is 18.2. The average molecular weight is 465 g/mol. The first-order valence-corrected chi connectivity index (χ1v) is 11.2. The smallest absolute Gasteiger partial charge is 0.357 e. The fraction of sp³-hybridized carbons (Fsp3) is 0.0455. The Hall–Kier alpha value is -4.22. The lowest BCUT2D eigenvalue weighted by molar-refractivity contribution is 0.481. The number of rotatable bonds is 7. The van der Waals surface area contributed by atoms with Gasteiger partial charge in [0, 0.05) is 35.3 Å². The topological polar surface area (TPSA) is 152 Å². The van der Waals surface area contributed by atoms with Crippen LogP contribution >= 0.6 is 0 Å². The molecule has 4 rings (SSSR count). The summed E-state index contributed by atoms with van der Waals surface area (Å²) in [4.78, 5) is 12.6. The van der Waals surface area contributed by atoms with Crippen molar-refractivity contribution in [2.24, 2.45) is 0 Å². The van der Waals surface area contributed by atoms with E-state index in [0.717, 1.165) is 11.4 Å². The van der Waals surface area contributed by atoms with Crippen LogP contribution in [0, 0.1) is 6.92 Å². The summed E-state index contributed by atoms with van der Waals surface area (Å²) >= 11 is 0. The highest BCUT2D eigenvalue weighted by Gasteiger charge is 2.08. The highest BCUT2D eigenvalue weighted by atomic mass is 32.2. The average Bonchev–Trinajstić information content (AvgIpc) is 2.74. The predicted molar refractivity (Wildman–Crippen MR) is 126 cm³/mol. The van der Waals surface area contributed by atoms with E-state index in [2.05, 4.69) is 20.3 Å². The van der Waals surface area contributed by atoms with Crippen LogP contribution in [0.3, 0.4) is 0 Å². The van der Waals surface area contributed by atoms with Crippen molar-refractivity contribution in [2.75, 3.05) is 15.8 Å². The molecule has 0 spiro atoms. The summed E-state index contributed by atoms with van der Waals surface area (Å²) in [7, 11) is -4.34. The molecule has 4 aromatic rings. The van der Waals surface area contributed by atoms with E-state index in [0.29, 0.717) is 28.6 Å². The fourth-order valence-electron chi connectivity index (χ4n) is 3.01. The summed E-state index contributed by atoms with van der Waals surface area (Å²) in [6.45, 7) is 1.90. The molecule has 0 radical (unpaired) electrons. The maximum absolute atomic E-state index is 10.9. The minimum Gasteiger partial charge on any atom is -0.457 e. The van der Waals surface area contributed by atoms with Crippen molar-refractivity contribution in [3.63, 3.8) is 0 Å². The Labute approximate surface area is 190 Å². The van der Waals surface area contributed by atoms with E-state index >= 15 is 0 Å². The maximum atomic E-state index is 10.9. The minimum absolute atomic E-state index is 0.0724. The van der Waals surface area contributed by atoms with Gasteiger partial charge in [-0.15, -0.1) is 0 Å². The molecule has 2 aromatic heterocycles. The van der Waals surface area contributed by atoms with Crippen LogP contribution in [0.25, 0.3) is 11.3 Å². The van der Waals surface area contributed by atoms with Crippen molar-refractivity contribution >= 4 is 33.4 Å². The number of nitrogen functional groups attached to an aromatic ring is 1. The highest BCUT2D eigenvalue weighted by molar-refractivity contribution is 7.87. The minimum atomic E-state index is -4.34. The molecule has 0 aliphatic heterocycles. The Balaban J connectivity index is 1.49. The summed E-state index contributed by atoms with van der Waals surface area (Å²) in [5, 5.41) is 3.18. The first-order valence-electron chi connectivity index (χ1n) is 9.71. The quantitative estimate of drug-likeness (QED) is 0.295. The number of aryl methyl sites for hydroxylation is 1. The lowest BCUT2D eigenvalue weighted by atomic mass is 10.1. The summed E-state index contributed by atoms with van der Waals surface area (Å²) in [5.41, 5.74) is 8.95. The number of nitrogens with two attached hydrogens (primary N) is 1. The molecule has 0 saturated carbocycles. The van der Waals surface area contributed by atoms with Crippen LogP contribution in [0.5, 0.6) is 11.5 Å². The van der Waals surface area contributed by atoms with E-state index in [1.54, 1.807) is 30.5 Å². The van der Waals surface area contributed by atoms with Gasteiger partial charge in [0.1, 0.15) is 17.3 Å². The van der Waals surface area contributed by atoms with Gasteiger partial charge in [-0.1, -0.05) is 12.1 Å². The number of nitrogens with zero attached hydrogens (tertiary/aromatic N) is 3. The first-order chi connectivity index (χ1) is 15.7. The van der Waals surface area contributed by atoms with Crippen LogP contribution in [0.4, 0.5) is 23.1 Å². The van der Waals surface area contributed by atoms with Crippen LogP contribution in [0.15, 0.2) is 72.9 Å². The monoisotopic (exact) mass is 464 g/mol. The lowest BCUT2D eigenvalue weighted by Crippen LogP contribution is -2.10. The molecule has 11 heteroatoms. The number of anilines is 4. The van der Waals surface area contributed by atoms with Crippen molar-refractivity contribution in [2.45, 2.75) is 6.92 Å². The Morgan fingerprint density at radius 2 is 1.61 bits per heavy atom. The van der Waals surface area contributed by atoms with Crippen LogP contribution in [-0.2, 0) is 10.3 Å². The Morgan fingerprint density at radius 1 is 0.909 bits per heavy atom. The van der Waals surface area contributed by atoms with Gasteiger partial charge < -0.3 is 15.8 Å². The Kier molecular flexibility index (Phi) is 6.07. The standard InChI is InChI=1S/C22H20N6O4S/c1-14-12-19(10-11-24-14)32-18-8-6-16(7-9-18)25-21-13-20(26-22(23)27-21)15-2-4-17(5-3-15)28-33(29,30)31/h2-13,28H,1H3,(H,29,30,31)(H3,23,25,26,27). The molecule has 33 heavy (non-hydrogen) atoms. The molecule has 0 atom stereocenters. The van der Waals surface area contributed by atoms with Crippen LogP contribution in [-0.4, -0.2) is 27.9 Å². The third-order valence-electron chi connectivity index (χ3n) is 4.40. The molecule has 2 heterocycles. The second-order valence-electron chi connectivity index (χ2n) is 7.04. The molecule has 0 unspecified atom stereocenters. The Bertz CT molecular complexity index is 1380. The summed E-state index contributed by atoms with van der Waals surface area (Å²) in [6.07, 6.45) is 1.69. The highest BCUT2D eigenvalue weighted by Crippen LogP contribution is 2.27. The van der Waals surface area contributed by atoms with Crippen molar-refractivity contribution in [1.29, 1.82) is 0 Å². The number of benzene rings is 2. The number of ether oxygens (including phenoxy) is 1. The second kappa shape index (κ2) is 9.10. The van der Waals surface area contributed by atoms with E-state index in [4.69, 9.17) is 15.0 Å². The van der Waals surface area contributed by atoms with Gasteiger partial charge in [0.25, 0.3) is 0 Å². The molecule has 0 amide bonds. The van der Waals surface area contributed by atoms with Gasteiger partial charge in [0.05, 0.1) is 11.4 Å². The van der Waals surface area contributed by atoms with Gasteiger partial charge in [-0.25, -0.2) is 4.98 Å². The molecule has 2 aromatic carbocycles. The number of nitrogens with one attached hydrogen (secondary N) is 2. The predicted octanol–water partition coefficient (Wildman–Crippen LogP) is 4.18. The third kappa shape index (κ3) is 6.15. The van der Waals surface area contributed by atoms with Crippen LogP contribution in [0.2, 0.25) is 0 Å². The molecule has 5 N–H and O–H groups in total.